The van der Waals surface area contributed by atoms with Crippen LogP contribution in [0.3, 0.4) is 0 Å². The average Bonchev–Trinajstić information content (AvgIpc) is 2.90. The number of benzene rings is 2. The van der Waals surface area contributed by atoms with E-state index in [-0.39, 0.29) is 11.6 Å². The summed E-state index contributed by atoms with van der Waals surface area (Å²) in [6.45, 7) is 12.6. The Morgan fingerprint density at radius 3 is 2.43 bits per heavy atom. The third-order valence-corrected chi connectivity index (χ3v) is 11.1. The van der Waals surface area contributed by atoms with Crippen LogP contribution in [0.5, 0.6) is 0 Å². The normalized spacial score (nSPS) is 18.8. The van der Waals surface area contributed by atoms with E-state index in [1.807, 2.05) is 6.07 Å². The van der Waals surface area contributed by atoms with Gasteiger partial charge in [-0.15, -0.1) is 0 Å². The largest absolute Gasteiger partial charge is 0.379 e. The smallest absolute Gasteiger partial charge is 0.163 e. The first-order valence-corrected chi connectivity index (χ1v) is 17.0. The second-order valence-electron chi connectivity index (χ2n) is 11.3. The predicted molar refractivity (Wildman–Crippen MR) is 150 cm³/mol. The highest BCUT2D eigenvalue weighted by atomic mass is 28.3. The molecule has 2 aliphatic heterocycles. The predicted octanol–water partition coefficient (Wildman–Crippen LogP) is 5.86. The molecule has 0 N–H and O–H groups in total. The first kappa shape index (κ1) is 26.2. The Kier molecular flexibility index (Phi) is 8.14. The number of fused-ring (bicyclic) bond motifs is 1. The topological polar surface area (TPSA) is 45.7 Å². The van der Waals surface area contributed by atoms with Crippen LogP contribution in [0.4, 0.5) is 4.39 Å². The fraction of sp³-hybridized carbons (Fsp3) is 0.467. The number of aromatic nitrogens is 1. The van der Waals surface area contributed by atoms with E-state index in [0.29, 0.717) is 22.9 Å². The minimum Gasteiger partial charge on any atom is -0.379 e. The van der Waals surface area contributed by atoms with Gasteiger partial charge in [0.1, 0.15) is 5.82 Å². The summed E-state index contributed by atoms with van der Waals surface area (Å²) >= 11 is 0. The maximum Gasteiger partial charge on any atom is 0.163 e. The number of nitrogens with zero attached hydrogens (tertiary/aromatic N) is 3. The first-order chi connectivity index (χ1) is 17.9. The van der Waals surface area contributed by atoms with E-state index in [9.17, 15) is 9.18 Å². The zero-order valence-electron chi connectivity index (χ0n) is 22.1. The van der Waals surface area contributed by atoms with Crippen molar-refractivity contribution in [2.24, 2.45) is 0 Å². The van der Waals surface area contributed by atoms with Crippen LogP contribution in [-0.2, 0) is 11.3 Å². The Morgan fingerprint density at radius 2 is 1.70 bits per heavy atom. The van der Waals surface area contributed by atoms with Gasteiger partial charge in [0.2, 0.25) is 0 Å². The lowest BCUT2D eigenvalue weighted by molar-refractivity contribution is 0.0342. The molecule has 5 nitrogen and oxygen atoms in total. The molecule has 2 saturated heterocycles. The summed E-state index contributed by atoms with van der Waals surface area (Å²) in [5.41, 5.74) is 4.19. The van der Waals surface area contributed by atoms with Crippen molar-refractivity contribution in [1.29, 1.82) is 0 Å². The van der Waals surface area contributed by atoms with Gasteiger partial charge in [-0.3, -0.25) is 9.69 Å². The molecule has 0 saturated carbocycles. The fourth-order valence-corrected chi connectivity index (χ4v) is 7.45. The van der Waals surface area contributed by atoms with Gasteiger partial charge in [-0.1, -0.05) is 37.4 Å². The number of pyridine rings is 1. The number of ether oxygens (including phenoxy) is 1. The maximum atomic E-state index is 14.1. The molecule has 2 aliphatic rings. The molecule has 3 heterocycles. The zero-order chi connectivity index (χ0) is 25.8. The molecule has 196 valence electrons. The zero-order valence-corrected chi connectivity index (χ0v) is 23.1. The number of carbonyl (C=O) groups excluding carboxylic acids is 1. The molecular formula is C30H38FN3O2Si. The van der Waals surface area contributed by atoms with Crippen molar-refractivity contribution >= 4 is 24.8 Å². The number of halogens is 1. The van der Waals surface area contributed by atoms with Gasteiger partial charge >= 0.3 is 0 Å². The minimum absolute atomic E-state index is 0.0647. The highest BCUT2D eigenvalue weighted by Gasteiger charge is 2.27. The number of hydrogen-bond acceptors (Lipinski definition) is 5. The number of ketones is 1. The molecule has 7 heteroatoms. The highest BCUT2D eigenvalue weighted by molar-refractivity contribution is 6.77. The number of Topliss-reactive ketones (excluding diaryl/α,β-unsaturated/α-hetero) is 1. The molecular weight excluding hydrogens is 481 g/mol. The molecule has 0 spiro atoms. The van der Waals surface area contributed by atoms with E-state index in [0.717, 1.165) is 70.2 Å². The molecule has 0 aliphatic carbocycles. The molecule has 0 amide bonds. The molecule has 0 radical (unpaired) electrons. The number of hydrogen-bond donors (Lipinski definition) is 0. The standard InChI is InChI=1S/C30H38FN3O2Si/c1-37(2)18-14-33(15-19-37)11-3-4-30(35)27-21-29(32-28-10-9-25(31)20-26(27)28)24-7-5-23(6-8-24)22-34-12-16-36-17-13-34/h5-10,20-21H,3-4,11-19,22H2,1-2H3. The molecule has 0 bridgehead atoms. The second kappa shape index (κ2) is 11.5. The number of carbonyl (C=O) groups is 1. The molecule has 2 fully saturated rings. The molecule has 3 aromatic rings. The fourth-order valence-electron chi connectivity index (χ4n) is 5.35. The van der Waals surface area contributed by atoms with Crippen molar-refractivity contribution in [3.05, 3.63) is 65.5 Å². The molecule has 2 aromatic carbocycles. The van der Waals surface area contributed by atoms with E-state index in [2.05, 4.69) is 47.2 Å². The Labute approximate surface area is 220 Å². The lowest BCUT2D eigenvalue weighted by Gasteiger charge is -2.35. The van der Waals surface area contributed by atoms with E-state index >= 15 is 0 Å². The SMILES string of the molecule is C[Si]1(C)CCN(CCCC(=O)c2cc(-c3ccc(CN4CCOCC4)cc3)nc3ccc(F)cc23)CC1. The Balaban J connectivity index is 1.31. The van der Waals surface area contributed by atoms with Crippen LogP contribution in [0, 0.1) is 5.82 Å². The van der Waals surface area contributed by atoms with Crippen LogP contribution < -0.4 is 0 Å². The van der Waals surface area contributed by atoms with Crippen molar-refractivity contribution in [1.82, 2.24) is 14.8 Å². The summed E-state index contributed by atoms with van der Waals surface area (Å²) in [5, 5.41) is 0.600. The average molecular weight is 520 g/mol. The first-order valence-electron chi connectivity index (χ1n) is 13.6. The van der Waals surface area contributed by atoms with Crippen molar-refractivity contribution in [3.63, 3.8) is 0 Å². The lowest BCUT2D eigenvalue weighted by Crippen LogP contribution is -2.43. The van der Waals surface area contributed by atoms with Crippen LogP contribution in [0.15, 0.2) is 48.5 Å². The third kappa shape index (κ3) is 6.71. The molecule has 1 aromatic heterocycles. The highest BCUT2D eigenvalue weighted by Crippen LogP contribution is 2.28. The molecule has 0 unspecified atom stereocenters. The lowest BCUT2D eigenvalue weighted by atomic mass is 9.98. The van der Waals surface area contributed by atoms with Gasteiger partial charge in [-0.25, -0.2) is 9.37 Å². The molecule has 5 rings (SSSR count). The van der Waals surface area contributed by atoms with Crippen molar-refractivity contribution in [3.8, 4) is 11.3 Å². The van der Waals surface area contributed by atoms with Gasteiger partial charge in [0.15, 0.2) is 5.78 Å². The van der Waals surface area contributed by atoms with Crippen molar-refractivity contribution in [2.75, 3.05) is 45.9 Å². The summed E-state index contributed by atoms with van der Waals surface area (Å²) in [6.07, 6.45) is 1.29. The van der Waals surface area contributed by atoms with Gasteiger partial charge in [0.25, 0.3) is 0 Å². The Hall–Kier alpha value is -2.45. The number of morpholine rings is 1. The Morgan fingerprint density at radius 1 is 0.973 bits per heavy atom. The third-order valence-electron chi connectivity index (χ3n) is 7.92. The Bertz CT molecular complexity index is 1230. The summed E-state index contributed by atoms with van der Waals surface area (Å²) < 4.78 is 19.6. The monoisotopic (exact) mass is 519 g/mol. The van der Waals surface area contributed by atoms with Crippen molar-refractivity contribution in [2.45, 2.75) is 44.6 Å². The minimum atomic E-state index is -0.994. The van der Waals surface area contributed by atoms with Crippen LogP contribution in [0.2, 0.25) is 25.2 Å². The van der Waals surface area contributed by atoms with Gasteiger partial charge in [-0.05, 0) is 68.0 Å². The quantitative estimate of drug-likeness (QED) is 0.276. The van der Waals surface area contributed by atoms with E-state index in [4.69, 9.17) is 9.72 Å². The summed E-state index contributed by atoms with van der Waals surface area (Å²) in [6, 6.07) is 17.5. The van der Waals surface area contributed by atoms with Gasteiger partial charge in [-0.2, -0.15) is 0 Å². The van der Waals surface area contributed by atoms with Crippen molar-refractivity contribution < 1.29 is 13.9 Å². The second-order valence-corrected chi connectivity index (χ2v) is 16.7. The maximum absolute atomic E-state index is 14.1. The van der Waals surface area contributed by atoms with Gasteiger partial charge in [0.05, 0.1) is 24.4 Å². The van der Waals surface area contributed by atoms with E-state index in [1.165, 1.54) is 29.8 Å². The van der Waals surface area contributed by atoms with Gasteiger partial charge in [0, 0.05) is 50.6 Å². The van der Waals surface area contributed by atoms with Gasteiger partial charge < -0.3 is 9.64 Å². The molecule has 37 heavy (non-hydrogen) atoms. The summed E-state index contributed by atoms with van der Waals surface area (Å²) in [5.74, 6) is -0.279. The van der Waals surface area contributed by atoms with E-state index in [1.54, 1.807) is 6.07 Å². The van der Waals surface area contributed by atoms with Crippen LogP contribution in [0.25, 0.3) is 22.2 Å². The molecule has 0 atom stereocenters. The summed E-state index contributed by atoms with van der Waals surface area (Å²) in [4.78, 5) is 23.1. The summed E-state index contributed by atoms with van der Waals surface area (Å²) in [7, 11) is -0.994. The van der Waals surface area contributed by atoms with Crippen LogP contribution in [0.1, 0.15) is 28.8 Å². The van der Waals surface area contributed by atoms with Crippen LogP contribution >= 0.6 is 0 Å². The van der Waals surface area contributed by atoms with Crippen LogP contribution in [-0.4, -0.2) is 74.6 Å². The number of rotatable bonds is 8. The van der Waals surface area contributed by atoms with E-state index < -0.39 is 8.07 Å².